The Hall–Kier alpha value is -1.47. The van der Waals surface area contributed by atoms with E-state index >= 15 is 0 Å². The van der Waals surface area contributed by atoms with Crippen LogP contribution in [-0.4, -0.2) is 27.5 Å². The largest absolute Gasteiger partial charge is 0.468 e. The van der Waals surface area contributed by atoms with Crippen LogP contribution in [0.2, 0.25) is 0 Å². The van der Waals surface area contributed by atoms with Crippen molar-refractivity contribution in [1.29, 1.82) is 0 Å². The number of ether oxygens (including phenoxy) is 1. The van der Waals surface area contributed by atoms with Crippen LogP contribution in [0.3, 0.4) is 0 Å². The predicted octanol–water partition coefficient (Wildman–Crippen LogP) is 1.83. The SMILES string of the molecule is COC(=O)C(CC(C)C)NS(=O)(=O)Cc1ccc(F)cc1. The third-order valence-electron chi connectivity index (χ3n) is 2.78. The Morgan fingerprint density at radius 2 is 1.86 bits per heavy atom. The van der Waals surface area contributed by atoms with E-state index in [1.54, 1.807) is 0 Å². The predicted molar refractivity (Wildman–Crippen MR) is 77.4 cm³/mol. The molecule has 0 heterocycles. The van der Waals surface area contributed by atoms with Crippen LogP contribution in [0.15, 0.2) is 24.3 Å². The highest BCUT2D eigenvalue weighted by Gasteiger charge is 2.26. The molecular weight excluding hydrogens is 297 g/mol. The molecule has 0 bridgehead atoms. The molecule has 0 aliphatic rings. The van der Waals surface area contributed by atoms with E-state index in [2.05, 4.69) is 9.46 Å². The van der Waals surface area contributed by atoms with Crippen molar-refractivity contribution >= 4 is 16.0 Å². The number of rotatable bonds is 7. The third kappa shape index (κ3) is 6.22. The Morgan fingerprint density at radius 1 is 1.29 bits per heavy atom. The number of hydrogen-bond donors (Lipinski definition) is 1. The molecule has 7 heteroatoms. The van der Waals surface area contributed by atoms with Gasteiger partial charge in [0.25, 0.3) is 0 Å². The molecular formula is C14H20FNO4S. The molecule has 1 atom stereocenters. The van der Waals surface area contributed by atoms with Gasteiger partial charge in [0.05, 0.1) is 12.9 Å². The average molecular weight is 317 g/mol. The summed E-state index contributed by atoms with van der Waals surface area (Å²) in [6.07, 6.45) is 0.343. The summed E-state index contributed by atoms with van der Waals surface area (Å²) in [5, 5.41) is 0. The number of nitrogens with one attached hydrogen (secondary N) is 1. The zero-order valence-electron chi connectivity index (χ0n) is 12.3. The summed E-state index contributed by atoms with van der Waals surface area (Å²) < 4.78 is 43.9. The fraction of sp³-hybridized carbons (Fsp3) is 0.500. The zero-order valence-corrected chi connectivity index (χ0v) is 13.1. The monoisotopic (exact) mass is 317 g/mol. The third-order valence-corrected chi connectivity index (χ3v) is 4.14. The van der Waals surface area contributed by atoms with Crippen LogP contribution in [0.1, 0.15) is 25.8 Å². The molecule has 0 amide bonds. The second-order valence-electron chi connectivity index (χ2n) is 5.21. The fourth-order valence-corrected chi connectivity index (χ4v) is 3.21. The lowest BCUT2D eigenvalue weighted by molar-refractivity contribution is -0.143. The van der Waals surface area contributed by atoms with Crippen molar-refractivity contribution in [3.63, 3.8) is 0 Å². The molecule has 1 aromatic rings. The van der Waals surface area contributed by atoms with Gasteiger partial charge in [-0.25, -0.2) is 17.5 Å². The number of sulfonamides is 1. The van der Waals surface area contributed by atoms with Gasteiger partial charge >= 0.3 is 5.97 Å². The lowest BCUT2D eigenvalue weighted by atomic mass is 10.1. The van der Waals surface area contributed by atoms with Gasteiger partial charge in [-0.05, 0) is 30.0 Å². The first kappa shape index (κ1) is 17.6. The van der Waals surface area contributed by atoms with Gasteiger partial charge in [-0.1, -0.05) is 26.0 Å². The van der Waals surface area contributed by atoms with E-state index in [9.17, 15) is 17.6 Å². The second kappa shape index (κ2) is 7.51. The van der Waals surface area contributed by atoms with Gasteiger partial charge in [0, 0.05) is 0 Å². The highest BCUT2D eigenvalue weighted by atomic mass is 32.2. The summed E-state index contributed by atoms with van der Waals surface area (Å²) in [6.45, 7) is 3.76. The van der Waals surface area contributed by atoms with E-state index in [0.717, 1.165) is 0 Å². The maximum absolute atomic E-state index is 12.8. The molecule has 0 fully saturated rings. The van der Waals surface area contributed by atoms with E-state index in [4.69, 9.17) is 0 Å². The summed E-state index contributed by atoms with van der Waals surface area (Å²) in [4.78, 5) is 11.6. The number of halogens is 1. The summed E-state index contributed by atoms with van der Waals surface area (Å²) in [5.41, 5.74) is 0.442. The molecule has 1 rings (SSSR count). The van der Waals surface area contributed by atoms with E-state index in [1.807, 2.05) is 13.8 Å². The number of methoxy groups -OCH3 is 1. The highest BCUT2D eigenvalue weighted by molar-refractivity contribution is 7.88. The normalized spacial score (nSPS) is 13.2. The number of carbonyl (C=O) groups is 1. The van der Waals surface area contributed by atoms with Crippen molar-refractivity contribution in [2.45, 2.75) is 32.1 Å². The van der Waals surface area contributed by atoms with Crippen LogP contribution in [0, 0.1) is 11.7 Å². The van der Waals surface area contributed by atoms with Gasteiger partial charge in [0.15, 0.2) is 0 Å². The van der Waals surface area contributed by atoms with Crippen molar-refractivity contribution < 1.29 is 22.3 Å². The van der Waals surface area contributed by atoms with E-state index in [-0.39, 0.29) is 11.7 Å². The number of benzene rings is 1. The first-order valence-corrected chi connectivity index (χ1v) is 8.21. The molecule has 0 aromatic heterocycles. The topological polar surface area (TPSA) is 72.5 Å². The molecule has 0 aliphatic carbocycles. The fourth-order valence-electron chi connectivity index (χ4n) is 1.86. The van der Waals surface area contributed by atoms with Crippen LogP contribution >= 0.6 is 0 Å². The van der Waals surface area contributed by atoms with Gasteiger partial charge in [-0.3, -0.25) is 4.79 Å². The average Bonchev–Trinajstić information content (AvgIpc) is 2.38. The number of hydrogen-bond acceptors (Lipinski definition) is 4. The number of carbonyl (C=O) groups excluding carboxylic acids is 1. The minimum atomic E-state index is -3.72. The first-order chi connectivity index (χ1) is 9.73. The highest BCUT2D eigenvalue weighted by Crippen LogP contribution is 2.11. The van der Waals surface area contributed by atoms with Crippen molar-refractivity contribution in [2.24, 2.45) is 5.92 Å². The molecule has 118 valence electrons. The Balaban J connectivity index is 2.80. The molecule has 0 saturated heterocycles. The summed E-state index contributed by atoms with van der Waals surface area (Å²) in [7, 11) is -2.51. The first-order valence-electron chi connectivity index (χ1n) is 6.56. The molecule has 21 heavy (non-hydrogen) atoms. The molecule has 0 radical (unpaired) electrons. The van der Waals surface area contributed by atoms with Crippen LogP contribution in [0.25, 0.3) is 0 Å². The van der Waals surface area contributed by atoms with Crippen LogP contribution in [-0.2, 0) is 25.3 Å². The maximum Gasteiger partial charge on any atom is 0.323 e. The Bertz CT molecular complexity index is 569. The number of esters is 1. The maximum atomic E-state index is 12.8. The van der Waals surface area contributed by atoms with Gasteiger partial charge in [0.2, 0.25) is 10.0 Å². The van der Waals surface area contributed by atoms with Crippen molar-refractivity contribution in [1.82, 2.24) is 4.72 Å². The smallest absolute Gasteiger partial charge is 0.323 e. The summed E-state index contributed by atoms with van der Waals surface area (Å²) >= 11 is 0. The molecule has 0 aliphatic heterocycles. The van der Waals surface area contributed by atoms with Crippen LogP contribution in [0.5, 0.6) is 0 Å². The summed E-state index contributed by atoms with van der Waals surface area (Å²) in [5.74, 6) is -1.25. The van der Waals surface area contributed by atoms with E-state index in [0.29, 0.717) is 12.0 Å². The van der Waals surface area contributed by atoms with E-state index < -0.39 is 27.9 Å². The van der Waals surface area contributed by atoms with Gasteiger partial charge in [0.1, 0.15) is 11.9 Å². The van der Waals surface area contributed by atoms with Crippen molar-refractivity contribution in [2.75, 3.05) is 7.11 Å². The molecule has 0 spiro atoms. The molecule has 1 aromatic carbocycles. The molecule has 5 nitrogen and oxygen atoms in total. The zero-order chi connectivity index (χ0) is 16.0. The molecule has 0 saturated carbocycles. The second-order valence-corrected chi connectivity index (χ2v) is 6.96. The van der Waals surface area contributed by atoms with Crippen LogP contribution < -0.4 is 4.72 Å². The Kier molecular flexibility index (Phi) is 6.29. The van der Waals surface area contributed by atoms with Gasteiger partial charge < -0.3 is 4.74 Å². The quantitative estimate of drug-likeness (QED) is 0.779. The van der Waals surface area contributed by atoms with Crippen molar-refractivity contribution in [3.05, 3.63) is 35.6 Å². The van der Waals surface area contributed by atoms with Crippen LogP contribution in [0.4, 0.5) is 4.39 Å². The van der Waals surface area contributed by atoms with E-state index in [1.165, 1.54) is 31.4 Å². The Morgan fingerprint density at radius 3 is 2.33 bits per heavy atom. The standard InChI is InChI=1S/C14H20FNO4S/c1-10(2)8-13(14(17)20-3)16-21(18,19)9-11-4-6-12(15)7-5-11/h4-7,10,13,16H,8-9H2,1-3H3. The minimum absolute atomic E-state index is 0.127. The lowest BCUT2D eigenvalue weighted by Gasteiger charge is -2.18. The molecule has 1 N–H and O–H groups in total. The summed E-state index contributed by atoms with van der Waals surface area (Å²) in [6, 6.07) is 4.25. The minimum Gasteiger partial charge on any atom is -0.468 e. The lowest BCUT2D eigenvalue weighted by Crippen LogP contribution is -2.42. The Labute approximate surface area is 124 Å². The van der Waals surface area contributed by atoms with Gasteiger partial charge in [-0.2, -0.15) is 0 Å². The van der Waals surface area contributed by atoms with Gasteiger partial charge in [-0.15, -0.1) is 0 Å². The van der Waals surface area contributed by atoms with Crippen molar-refractivity contribution in [3.8, 4) is 0 Å². The molecule has 1 unspecified atom stereocenters.